The molecule has 2 rings (SSSR count). The van der Waals surface area contributed by atoms with Gasteiger partial charge in [0.05, 0.1) is 6.04 Å². The summed E-state index contributed by atoms with van der Waals surface area (Å²) in [5.74, 6) is 0.862. The first kappa shape index (κ1) is 13.8. The lowest BCUT2D eigenvalue weighted by molar-refractivity contribution is -0.122. The highest BCUT2D eigenvalue weighted by Gasteiger charge is 2.34. The Morgan fingerprint density at radius 3 is 2.83 bits per heavy atom. The van der Waals surface area contributed by atoms with Crippen LogP contribution in [0.5, 0.6) is 0 Å². The molecule has 0 radical (unpaired) electrons. The van der Waals surface area contributed by atoms with Crippen molar-refractivity contribution in [2.24, 2.45) is 5.92 Å². The second-order valence-electron chi connectivity index (χ2n) is 5.80. The molecular weight excluding hydrogens is 226 g/mol. The first-order valence-corrected chi connectivity index (χ1v) is 7.45. The molecule has 2 N–H and O–H groups in total. The van der Waals surface area contributed by atoms with Crippen molar-refractivity contribution >= 4 is 5.91 Å². The summed E-state index contributed by atoms with van der Waals surface area (Å²) >= 11 is 0. The molecule has 2 atom stereocenters. The number of amides is 1. The molecule has 18 heavy (non-hydrogen) atoms. The van der Waals surface area contributed by atoms with Gasteiger partial charge in [0.25, 0.3) is 0 Å². The van der Waals surface area contributed by atoms with Crippen LogP contribution in [0.15, 0.2) is 0 Å². The molecule has 1 amide bonds. The van der Waals surface area contributed by atoms with E-state index >= 15 is 0 Å². The summed E-state index contributed by atoms with van der Waals surface area (Å²) in [6.07, 6.45) is 5.08. The fourth-order valence-corrected chi connectivity index (χ4v) is 2.64. The Labute approximate surface area is 110 Å². The van der Waals surface area contributed by atoms with Crippen LogP contribution in [-0.2, 0) is 4.79 Å². The van der Waals surface area contributed by atoms with Gasteiger partial charge in [0.2, 0.25) is 5.91 Å². The molecule has 0 bridgehead atoms. The first-order valence-electron chi connectivity index (χ1n) is 7.45. The molecule has 1 aliphatic carbocycles. The lowest BCUT2D eigenvalue weighted by Gasteiger charge is -2.18. The molecule has 0 spiro atoms. The SMILES string of the molecule is CCCNC(=O)C(C)NCC1CCN(C2CC2)C1. The quantitative estimate of drug-likeness (QED) is 0.711. The Balaban J connectivity index is 1.60. The lowest BCUT2D eigenvalue weighted by Crippen LogP contribution is -2.44. The van der Waals surface area contributed by atoms with Gasteiger partial charge in [-0.25, -0.2) is 0 Å². The number of nitrogens with zero attached hydrogens (tertiary/aromatic N) is 1. The van der Waals surface area contributed by atoms with E-state index < -0.39 is 0 Å². The molecule has 1 saturated carbocycles. The molecule has 104 valence electrons. The third-order valence-electron chi connectivity index (χ3n) is 4.04. The molecular formula is C14H27N3O. The van der Waals surface area contributed by atoms with E-state index in [0.29, 0.717) is 0 Å². The number of rotatable bonds is 7. The molecule has 4 heteroatoms. The van der Waals surface area contributed by atoms with Gasteiger partial charge in [-0.3, -0.25) is 4.79 Å². The Bertz CT molecular complexity index is 278. The second kappa shape index (κ2) is 6.53. The van der Waals surface area contributed by atoms with Crippen molar-refractivity contribution in [3.63, 3.8) is 0 Å². The Morgan fingerprint density at radius 2 is 2.17 bits per heavy atom. The molecule has 2 unspecified atom stereocenters. The topological polar surface area (TPSA) is 44.4 Å². The summed E-state index contributed by atoms with van der Waals surface area (Å²) in [5.41, 5.74) is 0. The van der Waals surface area contributed by atoms with Gasteiger partial charge in [-0.1, -0.05) is 6.92 Å². The first-order chi connectivity index (χ1) is 8.70. The van der Waals surface area contributed by atoms with Crippen molar-refractivity contribution < 1.29 is 4.79 Å². The van der Waals surface area contributed by atoms with Gasteiger partial charge >= 0.3 is 0 Å². The highest BCUT2D eigenvalue weighted by molar-refractivity contribution is 5.81. The zero-order chi connectivity index (χ0) is 13.0. The van der Waals surface area contributed by atoms with Crippen molar-refractivity contribution in [3.05, 3.63) is 0 Å². The zero-order valence-corrected chi connectivity index (χ0v) is 11.7. The smallest absolute Gasteiger partial charge is 0.236 e. The monoisotopic (exact) mass is 253 g/mol. The minimum atomic E-state index is -0.0634. The second-order valence-corrected chi connectivity index (χ2v) is 5.80. The van der Waals surface area contributed by atoms with Gasteiger partial charge in [0.15, 0.2) is 0 Å². The number of hydrogen-bond acceptors (Lipinski definition) is 3. The summed E-state index contributed by atoms with van der Waals surface area (Å²) in [6.45, 7) is 8.27. The number of hydrogen-bond donors (Lipinski definition) is 2. The van der Waals surface area contributed by atoms with Crippen LogP contribution in [0.3, 0.4) is 0 Å². The summed E-state index contributed by atoms with van der Waals surface area (Å²) in [7, 11) is 0. The van der Waals surface area contributed by atoms with Crippen molar-refractivity contribution in [3.8, 4) is 0 Å². The predicted molar refractivity (Wildman–Crippen MR) is 73.5 cm³/mol. The Kier molecular flexibility index (Phi) is 5.01. The predicted octanol–water partition coefficient (Wildman–Crippen LogP) is 0.975. The molecule has 1 aliphatic heterocycles. The Hall–Kier alpha value is -0.610. The number of nitrogens with one attached hydrogen (secondary N) is 2. The maximum atomic E-state index is 11.7. The molecule has 0 aromatic heterocycles. The van der Waals surface area contributed by atoms with E-state index in [2.05, 4.69) is 22.5 Å². The average molecular weight is 253 g/mol. The highest BCUT2D eigenvalue weighted by atomic mass is 16.2. The summed E-state index contributed by atoms with van der Waals surface area (Å²) < 4.78 is 0. The standard InChI is InChI=1S/C14H27N3O/c1-3-7-15-14(18)11(2)16-9-12-6-8-17(10-12)13-4-5-13/h11-13,16H,3-10H2,1-2H3,(H,15,18). The van der Waals surface area contributed by atoms with Gasteiger partial charge in [0.1, 0.15) is 0 Å². The van der Waals surface area contributed by atoms with Gasteiger partial charge in [-0.2, -0.15) is 0 Å². The van der Waals surface area contributed by atoms with Crippen LogP contribution in [0.4, 0.5) is 0 Å². The van der Waals surface area contributed by atoms with Gasteiger partial charge in [-0.15, -0.1) is 0 Å². The van der Waals surface area contributed by atoms with Crippen molar-refractivity contribution in [2.45, 2.75) is 51.6 Å². The van der Waals surface area contributed by atoms with Crippen LogP contribution in [-0.4, -0.2) is 49.1 Å². The van der Waals surface area contributed by atoms with E-state index in [1.54, 1.807) is 0 Å². The zero-order valence-electron chi connectivity index (χ0n) is 11.7. The van der Waals surface area contributed by atoms with E-state index in [4.69, 9.17) is 0 Å². The summed E-state index contributed by atoms with van der Waals surface area (Å²) in [4.78, 5) is 14.3. The van der Waals surface area contributed by atoms with E-state index in [9.17, 15) is 4.79 Å². The minimum absolute atomic E-state index is 0.0634. The van der Waals surface area contributed by atoms with Crippen LogP contribution in [0.25, 0.3) is 0 Å². The van der Waals surface area contributed by atoms with Crippen LogP contribution in [0.1, 0.15) is 39.5 Å². The average Bonchev–Trinajstić information content (AvgIpc) is 3.12. The fraction of sp³-hybridized carbons (Fsp3) is 0.929. The van der Waals surface area contributed by atoms with E-state index in [-0.39, 0.29) is 11.9 Å². The molecule has 1 heterocycles. The minimum Gasteiger partial charge on any atom is -0.355 e. The molecule has 4 nitrogen and oxygen atoms in total. The third-order valence-corrected chi connectivity index (χ3v) is 4.04. The maximum Gasteiger partial charge on any atom is 0.236 e. The number of carbonyl (C=O) groups is 1. The molecule has 2 aliphatic rings. The van der Waals surface area contributed by atoms with Gasteiger partial charge < -0.3 is 15.5 Å². The van der Waals surface area contributed by atoms with Crippen LogP contribution < -0.4 is 10.6 Å². The molecule has 1 saturated heterocycles. The van der Waals surface area contributed by atoms with Crippen LogP contribution in [0.2, 0.25) is 0 Å². The van der Waals surface area contributed by atoms with Crippen molar-refractivity contribution in [1.82, 2.24) is 15.5 Å². The summed E-state index contributed by atoms with van der Waals surface area (Å²) in [5, 5.41) is 6.31. The molecule has 0 aromatic rings. The molecule has 2 fully saturated rings. The summed E-state index contributed by atoms with van der Waals surface area (Å²) in [6, 6.07) is 0.826. The Morgan fingerprint density at radius 1 is 1.39 bits per heavy atom. The van der Waals surface area contributed by atoms with Crippen molar-refractivity contribution in [2.75, 3.05) is 26.2 Å². The third kappa shape index (κ3) is 3.95. The van der Waals surface area contributed by atoms with Gasteiger partial charge in [0, 0.05) is 19.1 Å². The van der Waals surface area contributed by atoms with E-state index in [1.165, 1.54) is 32.4 Å². The van der Waals surface area contributed by atoms with Crippen molar-refractivity contribution in [1.29, 1.82) is 0 Å². The van der Waals surface area contributed by atoms with Gasteiger partial charge in [-0.05, 0) is 51.6 Å². The number of carbonyl (C=O) groups excluding carboxylic acids is 1. The highest BCUT2D eigenvalue weighted by Crippen LogP contribution is 2.31. The molecule has 0 aromatic carbocycles. The largest absolute Gasteiger partial charge is 0.355 e. The maximum absolute atomic E-state index is 11.7. The van der Waals surface area contributed by atoms with Crippen LogP contribution >= 0.6 is 0 Å². The normalized spacial score (nSPS) is 26.2. The lowest BCUT2D eigenvalue weighted by atomic mass is 10.1. The van der Waals surface area contributed by atoms with E-state index in [0.717, 1.165) is 31.5 Å². The number of likely N-dealkylation sites (tertiary alicyclic amines) is 1. The van der Waals surface area contributed by atoms with Crippen LogP contribution in [0, 0.1) is 5.92 Å². The van der Waals surface area contributed by atoms with E-state index in [1.807, 2.05) is 6.92 Å². The fourth-order valence-electron chi connectivity index (χ4n) is 2.64.